The molecule has 2 atom stereocenters. The van der Waals surface area contributed by atoms with Gasteiger partial charge in [-0.15, -0.1) is 0 Å². The molecule has 4 N–H and O–H groups in total. The van der Waals surface area contributed by atoms with E-state index in [0.717, 1.165) is 25.7 Å². The summed E-state index contributed by atoms with van der Waals surface area (Å²) in [5.41, 5.74) is 0. The Morgan fingerprint density at radius 2 is 1.11 bits per heavy atom. The fourth-order valence-corrected chi connectivity index (χ4v) is 5.36. The van der Waals surface area contributed by atoms with Crippen molar-refractivity contribution < 1.29 is 38.8 Å². The van der Waals surface area contributed by atoms with E-state index in [1.54, 1.807) is 0 Å². The molecule has 0 aromatic carbocycles. The molecule has 0 radical (unpaired) electrons. The largest absolute Gasteiger partial charge is 0.480 e. The van der Waals surface area contributed by atoms with Crippen LogP contribution in [0.1, 0.15) is 162 Å². The zero-order valence-corrected chi connectivity index (χ0v) is 30.2. The van der Waals surface area contributed by atoms with Crippen LogP contribution < -0.4 is 10.6 Å². The Morgan fingerprint density at radius 1 is 0.596 bits per heavy atom. The molecule has 0 aromatic rings. The highest BCUT2D eigenvalue weighted by Gasteiger charge is 2.21. The van der Waals surface area contributed by atoms with E-state index in [9.17, 15) is 19.5 Å². The molecule has 0 aliphatic heterocycles. The molecule has 10 heteroatoms. The van der Waals surface area contributed by atoms with Crippen LogP contribution in [0.2, 0.25) is 0 Å². The Morgan fingerprint density at radius 3 is 1.62 bits per heavy atom. The molecule has 0 fully saturated rings. The average molecular weight is 673 g/mol. The van der Waals surface area contributed by atoms with Gasteiger partial charge in [-0.1, -0.05) is 129 Å². The van der Waals surface area contributed by atoms with E-state index in [-0.39, 0.29) is 51.1 Å². The molecule has 0 heterocycles. The minimum absolute atomic E-state index is 0.0207. The molecule has 0 spiro atoms. The summed E-state index contributed by atoms with van der Waals surface area (Å²) in [4.78, 5) is 36.2. The van der Waals surface area contributed by atoms with Crippen LogP contribution in [0.3, 0.4) is 0 Å². The van der Waals surface area contributed by atoms with Gasteiger partial charge in [0.2, 0.25) is 11.8 Å². The zero-order chi connectivity index (χ0) is 34.6. The first-order valence-electron chi connectivity index (χ1n) is 19.1. The third-order valence-electron chi connectivity index (χ3n) is 8.33. The summed E-state index contributed by atoms with van der Waals surface area (Å²) in [5, 5.41) is 23.5. The van der Waals surface area contributed by atoms with Gasteiger partial charge >= 0.3 is 5.97 Å². The topological polar surface area (TPSA) is 143 Å². The van der Waals surface area contributed by atoms with Gasteiger partial charge in [-0.25, -0.2) is 4.79 Å². The van der Waals surface area contributed by atoms with Crippen molar-refractivity contribution in [3.63, 3.8) is 0 Å². The molecule has 0 aliphatic carbocycles. The first-order chi connectivity index (χ1) is 22.9. The number of aliphatic carboxylic acids is 1. The molecule has 0 aliphatic rings. The summed E-state index contributed by atoms with van der Waals surface area (Å²) in [6.07, 6.45) is 24.9. The summed E-state index contributed by atoms with van der Waals surface area (Å²) in [5.74, 6) is -1.96. The van der Waals surface area contributed by atoms with Crippen LogP contribution >= 0.6 is 0 Å². The fraction of sp³-hybridized carbons (Fsp3) is 0.919. The number of unbranched alkanes of at least 4 members (excludes halogenated alkanes) is 18. The van der Waals surface area contributed by atoms with E-state index < -0.39 is 17.9 Å². The maximum absolute atomic E-state index is 12.6. The third-order valence-corrected chi connectivity index (χ3v) is 8.33. The third kappa shape index (κ3) is 32.6. The van der Waals surface area contributed by atoms with Crippen molar-refractivity contribution in [3.8, 4) is 0 Å². The molecule has 47 heavy (non-hydrogen) atoms. The van der Waals surface area contributed by atoms with Crippen molar-refractivity contribution in [2.24, 2.45) is 0 Å². The summed E-state index contributed by atoms with van der Waals surface area (Å²) in [6.45, 7) is 6.53. The molecule has 0 saturated heterocycles. The smallest absolute Gasteiger partial charge is 0.326 e. The molecule has 0 aromatic heterocycles. The Bertz CT molecular complexity index is 724. The van der Waals surface area contributed by atoms with E-state index >= 15 is 0 Å². The molecule has 0 saturated carbocycles. The lowest BCUT2D eigenvalue weighted by atomic mass is 10.1. The lowest BCUT2D eigenvalue weighted by Crippen LogP contribution is -2.42. The SMILES string of the molecule is CCCCCCCCCCCCOCC(CNC(=O)CC[C@H](NC(=O)CCOCCO)C(=O)O)OCCCCCCCCCCCC. The van der Waals surface area contributed by atoms with Crippen LogP contribution in [-0.2, 0) is 28.6 Å². The van der Waals surface area contributed by atoms with Crippen molar-refractivity contribution in [2.45, 2.75) is 174 Å². The minimum atomic E-state index is -1.19. The van der Waals surface area contributed by atoms with Crippen LogP contribution in [0.5, 0.6) is 0 Å². The number of aliphatic hydroxyl groups is 1. The number of hydrogen-bond acceptors (Lipinski definition) is 7. The van der Waals surface area contributed by atoms with Crippen LogP contribution in [0.25, 0.3) is 0 Å². The number of ether oxygens (including phenoxy) is 3. The van der Waals surface area contributed by atoms with E-state index in [0.29, 0.717) is 26.4 Å². The first kappa shape index (κ1) is 45.2. The number of aliphatic hydroxyl groups excluding tert-OH is 1. The van der Waals surface area contributed by atoms with Gasteiger partial charge in [-0.2, -0.15) is 0 Å². The molecule has 0 rings (SSSR count). The predicted octanol–water partition coefficient (Wildman–Crippen LogP) is 7.09. The highest BCUT2D eigenvalue weighted by molar-refractivity contribution is 5.84. The van der Waals surface area contributed by atoms with Gasteiger partial charge < -0.3 is 35.1 Å². The van der Waals surface area contributed by atoms with Gasteiger partial charge in [-0.3, -0.25) is 9.59 Å². The standard InChI is InChI=1S/C37H72N2O8/c1-3-5-7-9-11-13-15-17-19-21-27-46-32-33(47-28-22-20-18-16-14-12-10-8-6-4-2)31-38-35(41)24-23-34(37(43)44)39-36(42)25-29-45-30-26-40/h33-34,40H,3-32H2,1-2H3,(H,38,41)(H,39,42)(H,43,44)/t33?,34-/m0/s1. The maximum Gasteiger partial charge on any atom is 0.326 e. The monoisotopic (exact) mass is 673 g/mol. The van der Waals surface area contributed by atoms with E-state index in [1.807, 2.05) is 0 Å². The van der Waals surface area contributed by atoms with Crippen LogP contribution in [0, 0.1) is 0 Å². The van der Waals surface area contributed by atoms with Crippen LogP contribution in [0.4, 0.5) is 0 Å². The van der Waals surface area contributed by atoms with E-state index in [1.165, 1.54) is 103 Å². The van der Waals surface area contributed by atoms with Crippen molar-refractivity contribution in [2.75, 3.05) is 46.2 Å². The van der Waals surface area contributed by atoms with Gasteiger partial charge in [0.1, 0.15) is 6.04 Å². The van der Waals surface area contributed by atoms with Gasteiger partial charge in [-0.05, 0) is 19.3 Å². The highest BCUT2D eigenvalue weighted by atomic mass is 16.5. The quantitative estimate of drug-likeness (QED) is 0.0512. The average Bonchev–Trinajstić information content (AvgIpc) is 3.06. The lowest BCUT2D eigenvalue weighted by Gasteiger charge is -2.19. The number of carbonyl (C=O) groups is 3. The van der Waals surface area contributed by atoms with Gasteiger partial charge in [0, 0.05) is 32.6 Å². The molecule has 10 nitrogen and oxygen atoms in total. The molecule has 2 amide bonds. The normalized spacial score (nSPS) is 12.6. The van der Waals surface area contributed by atoms with Gasteiger partial charge in [0.05, 0.1) is 32.5 Å². The zero-order valence-electron chi connectivity index (χ0n) is 30.2. The Labute approximate surface area is 286 Å². The number of carboxylic acid groups (broad SMARTS) is 1. The van der Waals surface area contributed by atoms with Crippen molar-refractivity contribution in [3.05, 3.63) is 0 Å². The van der Waals surface area contributed by atoms with Crippen molar-refractivity contribution >= 4 is 17.8 Å². The number of carboxylic acids is 1. The Balaban J connectivity index is 4.43. The second-order valence-electron chi connectivity index (χ2n) is 12.8. The summed E-state index contributed by atoms with van der Waals surface area (Å²) in [7, 11) is 0. The maximum atomic E-state index is 12.6. The number of hydrogen-bond donors (Lipinski definition) is 4. The number of amides is 2. The van der Waals surface area contributed by atoms with Crippen LogP contribution in [0.15, 0.2) is 0 Å². The summed E-state index contributed by atoms with van der Waals surface area (Å²) in [6, 6.07) is -1.17. The minimum Gasteiger partial charge on any atom is -0.480 e. The van der Waals surface area contributed by atoms with E-state index in [4.69, 9.17) is 19.3 Å². The summed E-state index contributed by atoms with van der Waals surface area (Å²) < 4.78 is 17.1. The number of carbonyl (C=O) groups excluding carboxylic acids is 2. The Kier molecular flexibility index (Phi) is 34.2. The molecular formula is C37H72N2O8. The number of nitrogens with one attached hydrogen (secondary N) is 2. The van der Waals surface area contributed by atoms with E-state index in [2.05, 4.69) is 24.5 Å². The Hall–Kier alpha value is -1.75. The predicted molar refractivity (Wildman–Crippen MR) is 189 cm³/mol. The second kappa shape index (κ2) is 35.6. The molecular weight excluding hydrogens is 600 g/mol. The van der Waals surface area contributed by atoms with Gasteiger partial charge in [0.15, 0.2) is 0 Å². The summed E-state index contributed by atoms with van der Waals surface area (Å²) >= 11 is 0. The number of rotatable bonds is 37. The van der Waals surface area contributed by atoms with Crippen molar-refractivity contribution in [1.82, 2.24) is 10.6 Å². The van der Waals surface area contributed by atoms with Crippen molar-refractivity contribution in [1.29, 1.82) is 0 Å². The highest BCUT2D eigenvalue weighted by Crippen LogP contribution is 2.12. The lowest BCUT2D eigenvalue weighted by molar-refractivity contribution is -0.142. The fourth-order valence-electron chi connectivity index (χ4n) is 5.36. The first-order valence-corrected chi connectivity index (χ1v) is 19.1. The molecule has 1 unspecified atom stereocenters. The molecule has 0 bridgehead atoms. The van der Waals surface area contributed by atoms with Crippen LogP contribution in [-0.4, -0.2) is 86.3 Å². The molecule has 278 valence electrons. The van der Waals surface area contributed by atoms with Gasteiger partial charge in [0.25, 0.3) is 0 Å². The second-order valence-corrected chi connectivity index (χ2v) is 12.8.